The van der Waals surface area contributed by atoms with E-state index in [4.69, 9.17) is 21.4 Å². The Balaban J connectivity index is 1.82. The third kappa shape index (κ3) is 4.07. The van der Waals surface area contributed by atoms with E-state index in [2.05, 4.69) is 0 Å². The van der Waals surface area contributed by atoms with Crippen molar-refractivity contribution in [2.24, 2.45) is 5.92 Å². The fourth-order valence-corrected chi connectivity index (χ4v) is 2.35. The van der Waals surface area contributed by atoms with Crippen molar-refractivity contribution in [3.8, 4) is 5.75 Å². The summed E-state index contributed by atoms with van der Waals surface area (Å²) in [4.78, 5) is 24.3. The minimum Gasteiger partial charge on any atom is -0.484 e. The van der Waals surface area contributed by atoms with E-state index in [0.29, 0.717) is 31.7 Å². The normalized spacial score (nSPS) is 15.8. The molecule has 1 N–H and O–H groups in total. The number of carboxylic acid groups (broad SMARTS) is 1. The molecular weight excluding hydrogens is 301 g/mol. The Hall–Kier alpha value is -1.82. The summed E-state index contributed by atoms with van der Waals surface area (Å²) in [5.74, 6) is -1.66. The van der Waals surface area contributed by atoms with Crippen LogP contribution < -0.4 is 4.74 Å². The Morgan fingerprint density at radius 3 is 2.62 bits per heavy atom. The molecule has 0 bridgehead atoms. The van der Waals surface area contributed by atoms with Crippen molar-refractivity contribution >= 4 is 23.5 Å². The molecule has 7 heteroatoms. The van der Waals surface area contributed by atoms with Crippen molar-refractivity contribution in [3.63, 3.8) is 0 Å². The van der Waals surface area contributed by atoms with E-state index in [0.717, 1.165) is 0 Å². The van der Waals surface area contributed by atoms with Gasteiger partial charge in [0.2, 0.25) is 0 Å². The molecule has 21 heavy (non-hydrogen) atoms. The molecule has 114 valence electrons. The SMILES string of the molecule is O=C(O)C1CCN(C(=O)COc2ccc(F)c(Cl)c2)CC1. The van der Waals surface area contributed by atoms with Crippen LogP contribution in [-0.2, 0) is 9.59 Å². The topological polar surface area (TPSA) is 66.8 Å². The first-order chi connectivity index (χ1) is 9.97. The number of benzene rings is 1. The summed E-state index contributed by atoms with van der Waals surface area (Å²) >= 11 is 5.62. The fourth-order valence-electron chi connectivity index (χ4n) is 2.18. The lowest BCUT2D eigenvalue weighted by molar-refractivity contribution is -0.146. The average molecular weight is 316 g/mol. The van der Waals surface area contributed by atoms with Crippen LogP contribution in [0.15, 0.2) is 18.2 Å². The van der Waals surface area contributed by atoms with Gasteiger partial charge in [0.05, 0.1) is 10.9 Å². The van der Waals surface area contributed by atoms with Crippen molar-refractivity contribution < 1.29 is 23.8 Å². The zero-order valence-electron chi connectivity index (χ0n) is 11.2. The van der Waals surface area contributed by atoms with Crippen LogP contribution in [0, 0.1) is 11.7 Å². The van der Waals surface area contributed by atoms with Gasteiger partial charge in [-0.05, 0) is 25.0 Å². The number of rotatable bonds is 4. The third-order valence-electron chi connectivity index (χ3n) is 3.45. The van der Waals surface area contributed by atoms with Gasteiger partial charge in [-0.15, -0.1) is 0 Å². The van der Waals surface area contributed by atoms with Crippen LogP contribution in [0.5, 0.6) is 5.75 Å². The molecule has 0 saturated carbocycles. The van der Waals surface area contributed by atoms with E-state index in [9.17, 15) is 14.0 Å². The predicted octanol–water partition coefficient (Wildman–Crippen LogP) is 2.18. The molecule has 0 aromatic heterocycles. The van der Waals surface area contributed by atoms with Crippen molar-refractivity contribution in [1.82, 2.24) is 4.90 Å². The molecule has 0 radical (unpaired) electrons. The molecule has 1 fully saturated rings. The van der Waals surface area contributed by atoms with E-state index < -0.39 is 11.8 Å². The van der Waals surface area contributed by atoms with Crippen LogP contribution in [-0.4, -0.2) is 41.6 Å². The molecule has 0 spiro atoms. The smallest absolute Gasteiger partial charge is 0.306 e. The summed E-state index contributed by atoms with van der Waals surface area (Å²) in [5, 5.41) is 8.82. The van der Waals surface area contributed by atoms with Gasteiger partial charge < -0.3 is 14.7 Å². The first kappa shape index (κ1) is 15.6. The number of likely N-dealkylation sites (tertiary alicyclic amines) is 1. The standard InChI is InChI=1S/C14H15ClFNO4/c15-11-7-10(1-2-12(11)16)21-8-13(18)17-5-3-9(4-6-17)14(19)20/h1-2,7,9H,3-6,8H2,(H,19,20). The van der Waals surface area contributed by atoms with Crippen LogP contribution in [0.3, 0.4) is 0 Å². The number of hydrogen-bond donors (Lipinski definition) is 1. The zero-order valence-corrected chi connectivity index (χ0v) is 12.0. The lowest BCUT2D eigenvalue weighted by Crippen LogP contribution is -2.42. The highest BCUT2D eigenvalue weighted by molar-refractivity contribution is 6.30. The number of piperidine rings is 1. The molecule has 2 rings (SSSR count). The number of carbonyl (C=O) groups is 2. The van der Waals surface area contributed by atoms with Gasteiger partial charge in [-0.25, -0.2) is 4.39 Å². The second-order valence-corrected chi connectivity index (χ2v) is 5.27. The lowest BCUT2D eigenvalue weighted by atomic mass is 9.97. The van der Waals surface area contributed by atoms with E-state index in [1.54, 1.807) is 4.90 Å². The molecule has 5 nitrogen and oxygen atoms in total. The van der Waals surface area contributed by atoms with E-state index in [-0.39, 0.29) is 23.5 Å². The fraction of sp³-hybridized carbons (Fsp3) is 0.429. The highest BCUT2D eigenvalue weighted by Crippen LogP contribution is 2.21. The highest BCUT2D eigenvalue weighted by atomic mass is 35.5. The number of hydrogen-bond acceptors (Lipinski definition) is 3. The Morgan fingerprint density at radius 1 is 1.38 bits per heavy atom. The maximum absolute atomic E-state index is 13.0. The van der Waals surface area contributed by atoms with Gasteiger partial charge in [-0.3, -0.25) is 9.59 Å². The van der Waals surface area contributed by atoms with E-state index in [1.165, 1.54) is 18.2 Å². The van der Waals surface area contributed by atoms with Crippen LogP contribution in [0.1, 0.15) is 12.8 Å². The van der Waals surface area contributed by atoms with Gasteiger partial charge in [0.1, 0.15) is 11.6 Å². The van der Waals surface area contributed by atoms with Crippen LogP contribution in [0.25, 0.3) is 0 Å². The Labute approximate surface area is 126 Å². The number of carbonyl (C=O) groups excluding carboxylic acids is 1. The quantitative estimate of drug-likeness (QED) is 0.925. The van der Waals surface area contributed by atoms with Crippen LogP contribution >= 0.6 is 11.6 Å². The van der Waals surface area contributed by atoms with E-state index >= 15 is 0 Å². The van der Waals surface area contributed by atoms with Gasteiger partial charge >= 0.3 is 5.97 Å². The molecule has 0 aliphatic carbocycles. The molecular formula is C14H15ClFNO4. The molecule has 1 aromatic carbocycles. The molecule has 0 unspecified atom stereocenters. The van der Waals surface area contributed by atoms with E-state index in [1.807, 2.05) is 0 Å². The third-order valence-corrected chi connectivity index (χ3v) is 3.74. The molecule has 1 heterocycles. The van der Waals surface area contributed by atoms with Gasteiger partial charge in [0.15, 0.2) is 6.61 Å². The second kappa shape index (κ2) is 6.76. The number of aliphatic carboxylic acids is 1. The molecule has 1 aromatic rings. The highest BCUT2D eigenvalue weighted by Gasteiger charge is 2.27. The van der Waals surface area contributed by atoms with Crippen molar-refractivity contribution in [2.75, 3.05) is 19.7 Å². The summed E-state index contributed by atoms with van der Waals surface area (Å²) in [5.41, 5.74) is 0. The maximum atomic E-state index is 13.0. The minimum atomic E-state index is -0.820. The molecule has 1 saturated heterocycles. The Kier molecular flexibility index (Phi) is 5.01. The Morgan fingerprint density at radius 2 is 2.05 bits per heavy atom. The number of halogens is 2. The van der Waals surface area contributed by atoms with Crippen molar-refractivity contribution in [1.29, 1.82) is 0 Å². The Bertz CT molecular complexity index is 544. The predicted molar refractivity (Wildman–Crippen MR) is 73.8 cm³/mol. The average Bonchev–Trinajstić information content (AvgIpc) is 2.48. The lowest BCUT2D eigenvalue weighted by Gasteiger charge is -2.30. The molecule has 0 atom stereocenters. The summed E-state index contributed by atoms with van der Waals surface area (Å²) in [6.45, 7) is 0.631. The molecule has 1 aliphatic heterocycles. The second-order valence-electron chi connectivity index (χ2n) is 4.86. The number of carboxylic acids is 1. The van der Waals surface area contributed by atoms with Gasteiger partial charge in [0, 0.05) is 19.2 Å². The summed E-state index contributed by atoms with van der Waals surface area (Å²) < 4.78 is 18.3. The zero-order chi connectivity index (χ0) is 15.4. The molecule has 1 aliphatic rings. The maximum Gasteiger partial charge on any atom is 0.306 e. The number of nitrogens with zero attached hydrogens (tertiary/aromatic N) is 1. The number of amides is 1. The largest absolute Gasteiger partial charge is 0.484 e. The summed E-state index contributed by atoms with van der Waals surface area (Å²) in [6.07, 6.45) is 0.896. The molecule has 1 amide bonds. The first-order valence-electron chi connectivity index (χ1n) is 6.56. The van der Waals surface area contributed by atoms with Gasteiger partial charge in [0.25, 0.3) is 5.91 Å². The van der Waals surface area contributed by atoms with Gasteiger partial charge in [-0.1, -0.05) is 11.6 Å². The summed E-state index contributed by atoms with van der Waals surface area (Å²) in [6, 6.07) is 3.87. The van der Waals surface area contributed by atoms with Crippen molar-refractivity contribution in [2.45, 2.75) is 12.8 Å². The minimum absolute atomic E-state index is 0.0674. The monoisotopic (exact) mass is 315 g/mol. The number of ether oxygens (including phenoxy) is 1. The van der Waals surface area contributed by atoms with Gasteiger partial charge in [-0.2, -0.15) is 0 Å². The summed E-state index contributed by atoms with van der Waals surface area (Å²) in [7, 11) is 0. The van der Waals surface area contributed by atoms with Crippen molar-refractivity contribution in [3.05, 3.63) is 29.0 Å². The van der Waals surface area contributed by atoms with Crippen LogP contribution in [0.2, 0.25) is 5.02 Å². The first-order valence-corrected chi connectivity index (χ1v) is 6.93. The van der Waals surface area contributed by atoms with Crippen LogP contribution in [0.4, 0.5) is 4.39 Å².